The number of hydrogen-bond donors (Lipinski definition) is 1. The summed E-state index contributed by atoms with van der Waals surface area (Å²) in [5.41, 5.74) is 4.69. The van der Waals surface area contributed by atoms with E-state index in [1.807, 2.05) is 56.3 Å². The molecule has 0 aliphatic heterocycles. The van der Waals surface area contributed by atoms with Crippen LogP contribution in [0.25, 0.3) is 10.9 Å². The summed E-state index contributed by atoms with van der Waals surface area (Å²) in [7, 11) is 0. The van der Waals surface area contributed by atoms with Crippen LogP contribution in [0.2, 0.25) is 0 Å². The summed E-state index contributed by atoms with van der Waals surface area (Å²) in [4.78, 5) is 34.0. The molecule has 0 aliphatic carbocycles. The predicted molar refractivity (Wildman–Crippen MR) is 118 cm³/mol. The number of aromatic amines is 1. The van der Waals surface area contributed by atoms with Gasteiger partial charge in [-0.15, -0.1) is 11.3 Å². The topological polar surface area (TPSA) is 75.3 Å². The fraction of sp³-hybridized carbons (Fsp3) is 0.174. The van der Waals surface area contributed by atoms with Crippen LogP contribution in [0.1, 0.15) is 34.2 Å². The van der Waals surface area contributed by atoms with Crippen molar-refractivity contribution in [2.75, 3.05) is 4.90 Å². The van der Waals surface area contributed by atoms with Gasteiger partial charge in [-0.3, -0.25) is 9.69 Å². The van der Waals surface area contributed by atoms with Crippen LogP contribution in [-0.2, 0) is 16.1 Å². The standard InChI is InChI=1S/C23H21N3O3S/c1-14-7-6-8-15(2)21(14)26(16(3)27)23-24-18(13-30-23)12-29-22(28)20-11-17-9-4-5-10-19(17)25-20/h4-11,13,25H,12H2,1-3H3. The van der Waals surface area contributed by atoms with Gasteiger partial charge in [0.15, 0.2) is 5.13 Å². The van der Waals surface area contributed by atoms with E-state index in [1.165, 1.54) is 18.3 Å². The van der Waals surface area contributed by atoms with E-state index in [4.69, 9.17) is 4.74 Å². The van der Waals surface area contributed by atoms with Crippen molar-refractivity contribution in [3.05, 3.63) is 76.4 Å². The van der Waals surface area contributed by atoms with Crippen molar-refractivity contribution in [3.63, 3.8) is 0 Å². The first-order valence-corrected chi connectivity index (χ1v) is 10.4. The molecule has 2 aromatic heterocycles. The molecule has 0 atom stereocenters. The average Bonchev–Trinajstić information content (AvgIpc) is 3.35. The normalized spacial score (nSPS) is 10.9. The van der Waals surface area contributed by atoms with E-state index in [0.29, 0.717) is 16.5 Å². The average molecular weight is 420 g/mol. The molecule has 2 aromatic carbocycles. The highest BCUT2D eigenvalue weighted by molar-refractivity contribution is 7.14. The first kappa shape index (κ1) is 19.8. The lowest BCUT2D eigenvalue weighted by molar-refractivity contribution is -0.115. The Morgan fingerprint density at radius 3 is 2.53 bits per heavy atom. The molecule has 2 heterocycles. The number of anilines is 2. The highest BCUT2D eigenvalue weighted by Gasteiger charge is 2.22. The molecule has 4 aromatic rings. The van der Waals surface area contributed by atoms with Crippen molar-refractivity contribution >= 4 is 44.9 Å². The molecule has 0 radical (unpaired) electrons. The number of benzene rings is 2. The van der Waals surface area contributed by atoms with E-state index >= 15 is 0 Å². The lowest BCUT2D eigenvalue weighted by Crippen LogP contribution is -2.24. The second kappa shape index (κ2) is 8.12. The third-order valence-corrected chi connectivity index (χ3v) is 5.68. The number of hydrogen-bond acceptors (Lipinski definition) is 5. The molecular weight excluding hydrogens is 398 g/mol. The number of nitrogens with zero attached hydrogens (tertiary/aromatic N) is 2. The Kier molecular flexibility index (Phi) is 5.37. The van der Waals surface area contributed by atoms with Gasteiger partial charge in [-0.2, -0.15) is 0 Å². The summed E-state index contributed by atoms with van der Waals surface area (Å²) in [5, 5.41) is 3.31. The first-order valence-electron chi connectivity index (χ1n) is 9.50. The number of rotatable bonds is 5. The number of aryl methyl sites for hydroxylation is 2. The van der Waals surface area contributed by atoms with Crippen LogP contribution >= 0.6 is 11.3 Å². The molecule has 0 saturated carbocycles. The number of thiazole rings is 1. The smallest absolute Gasteiger partial charge is 0.355 e. The van der Waals surface area contributed by atoms with E-state index in [0.717, 1.165) is 27.7 Å². The molecule has 30 heavy (non-hydrogen) atoms. The SMILES string of the molecule is CC(=O)N(c1nc(COC(=O)c2cc3ccccc3[nH]2)cs1)c1c(C)cccc1C. The number of para-hydroxylation sites is 2. The van der Waals surface area contributed by atoms with Gasteiger partial charge in [0.25, 0.3) is 0 Å². The summed E-state index contributed by atoms with van der Waals surface area (Å²) in [6, 6.07) is 15.3. The monoisotopic (exact) mass is 419 g/mol. The Labute approximate surface area is 178 Å². The van der Waals surface area contributed by atoms with E-state index in [2.05, 4.69) is 9.97 Å². The maximum absolute atomic E-state index is 12.4. The predicted octanol–water partition coefficient (Wildman–Crippen LogP) is 5.28. The number of amides is 1. The van der Waals surface area contributed by atoms with E-state index in [1.54, 1.807) is 16.3 Å². The Balaban J connectivity index is 1.51. The van der Waals surface area contributed by atoms with Crippen molar-refractivity contribution in [2.24, 2.45) is 0 Å². The molecule has 1 N–H and O–H groups in total. The summed E-state index contributed by atoms with van der Waals surface area (Å²) in [5.74, 6) is -0.567. The van der Waals surface area contributed by atoms with Gasteiger partial charge in [0.2, 0.25) is 5.91 Å². The van der Waals surface area contributed by atoms with Gasteiger partial charge in [-0.05, 0) is 37.1 Å². The van der Waals surface area contributed by atoms with Crippen LogP contribution < -0.4 is 4.90 Å². The van der Waals surface area contributed by atoms with Gasteiger partial charge in [-0.1, -0.05) is 36.4 Å². The van der Waals surface area contributed by atoms with Crippen LogP contribution in [0.5, 0.6) is 0 Å². The number of nitrogens with one attached hydrogen (secondary N) is 1. The van der Waals surface area contributed by atoms with E-state index in [9.17, 15) is 9.59 Å². The molecule has 0 fully saturated rings. The molecule has 7 heteroatoms. The zero-order valence-electron chi connectivity index (χ0n) is 16.9. The summed E-state index contributed by atoms with van der Waals surface area (Å²) in [6.45, 7) is 5.48. The van der Waals surface area contributed by atoms with Crippen molar-refractivity contribution in [1.82, 2.24) is 9.97 Å². The molecule has 0 bridgehead atoms. The van der Waals surface area contributed by atoms with Gasteiger partial charge in [0.05, 0.1) is 11.4 Å². The Hall–Kier alpha value is -3.45. The van der Waals surface area contributed by atoms with Crippen LogP contribution in [0, 0.1) is 13.8 Å². The molecule has 1 amide bonds. The zero-order valence-corrected chi connectivity index (χ0v) is 17.7. The second-order valence-electron chi connectivity index (χ2n) is 7.06. The minimum absolute atomic E-state index is 0.0309. The third-order valence-electron chi connectivity index (χ3n) is 4.81. The van der Waals surface area contributed by atoms with E-state index < -0.39 is 5.97 Å². The second-order valence-corrected chi connectivity index (χ2v) is 7.90. The summed E-state index contributed by atoms with van der Waals surface area (Å²) >= 11 is 1.34. The Morgan fingerprint density at radius 1 is 1.10 bits per heavy atom. The van der Waals surface area contributed by atoms with Crippen molar-refractivity contribution in [2.45, 2.75) is 27.4 Å². The molecule has 6 nitrogen and oxygen atoms in total. The van der Waals surface area contributed by atoms with Crippen LogP contribution in [-0.4, -0.2) is 21.8 Å². The zero-order chi connectivity index (χ0) is 21.3. The van der Waals surface area contributed by atoms with Gasteiger partial charge in [0, 0.05) is 23.2 Å². The molecule has 0 saturated heterocycles. The van der Waals surface area contributed by atoms with Gasteiger partial charge >= 0.3 is 5.97 Å². The quantitative estimate of drug-likeness (QED) is 0.447. The van der Waals surface area contributed by atoms with Crippen LogP contribution in [0.15, 0.2) is 53.9 Å². The van der Waals surface area contributed by atoms with Crippen LogP contribution in [0.3, 0.4) is 0 Å². The number of fused-ring (bicyclic) bond motifs is 1. The number of carbonyl (C=O) groups excluding carboxylic acids is 2. The summed E-state index contributed by atoms with van der Waals surface area (Å²) in [6.07, 6.45) is 0. The van der Waals surface area contributed by atoms with Crippen molar-refractivity contribution in [3.8, 4) is 0 Å². The molecule has 4 rings (SSSR count). The largest absolute Gasteiger partial charge is 0.454 e. The van der Waals surface area contributed by atoms with Crippen molar-refractivity contribution in [1.29, 1.82) is 0 Å². The third kappa shape index (κ3) is 3.84. The highest BCUT2D eigenvalue weighted by atomic mass is 32.1. The Bertz CT molecular complexity index is 1190. The molecule has 0 spiro atoms. The maximum Gasteiger partial charge on any atom is 0.355 e. The number of carbonyl (C=O) groups is 2. The fourth-order valence-electron chi connectivity index (χ4n) is 3.41. The van der Waals surface area contributed by atoms with Crippen LogP contribution in [0.4, 0.5) is 10.8 Å². The summed E-state index contributed by atoms with van der Waals surface area (Å²) < 4.78 is 5.42. The number of aromatic nitrogens is 2. The number of H-pyrrole nitrogens is 1. The van der Waals surface area contributed by atoms with Gasteiger partial charge in [0.1, 0.15) is 12.3 Å². The maximum atomic E-state index is 12.4. The fourth-order valence-corrected chi connectivity index (χ4v) is 4.27. The molecule has 0 unspecified atom stereocenters. The van der Waals surface area contributed by atoms with Gasteiger partial charge < -0.3 is 9.72 Å². The molecule has 152 valence electrons. The number of esters is 1. The number of ether oxygens (including phenoxy) is 1. The van der Waals surface area contributed by atoms with Crippen molar-refractivity contribution < 1.29 is 14.3 Å². The minimum Gasteiger partial charge on any atom is -0.454 e. The van der Waals surface area contributed by atoms with Gasteiger partial charge in [-0.25, -0.2) is 9.78 Å². The Morgan fingerprint density at radius 2 is 1.83 bits per heavy atom. The minimum atomic E-state index is -0.445. The van der Waals surface area contributed by atoms with E-state index in [-0.39, 0.29) is 12.5 Å². The highest BCUT2D eigenvalue weighted by Crippen LogP contribution is 2.33. The lowest BCUT2D eigenvalue weighted by Gasteiger charge is -2.22. The molecular formula is C23H21N3O3S. The first-order chi connectivity index (χ1) is 14.4. The lowest BCUT2D eigenvalue weighted by atomic mass is 10.1. The molecule has 0 aliphatic rings.